The summed E-state index contributed by atoms with van der Waals surface area (Å²) in [6, 6.07) is 0. The summed E-state index contributed by atoms with van der Waals surface area (Å²) in [6.45, 7) is 8.93. The predicted octanol–water partition coefficient (Wildman–Crippen LogP) is 1.46. The van der Waals surface area contributed by atoms with E-state index in [1.165, 1.54) is 8.99 Å². The van der Waals surface area contributed by atoms with Crippen molar-refractivity contribution in [2.24, 2.45) is 7.05 Å². The Morgan fingerprint density at radius 1 is 1.14 bits per heavy atom. The Kier molecular flexibility index (Phi) is 4.72. The maximum atomic E-state index is 12.8. The summed E-state index contributed by atoms with van der Waals surface area (Å²) in [6.07, 6.45) is 3.46. The SMILES string of the molecule is CCN(Cc1cn(CC)nc1C)S(=O)(=O)c1cn(C)nc1C. The molecular weight excluding hydrogens is 302 g/mol. The van der Waals surface area contributed by atoms with Crippen LogP contribution in [0.25, 0.3) is 0 Å². The molecule has 0 aliphatic heterocycles. The zero-order chi connectivity index (χ0) is 16.5. The minimum Gasteiger partial charge on any atom is -0.274 e. The van der Waals surface area contributed by atoms with E-state index in [4.69, 9.17) is 0 Å². The van der Waals surface area contributed by atoms with Gasteiger partial charge in [-0.2, -0.15) is 14.5 Å². The molecule has 0 aliphatic rings. The quantitative estimate of drug-likeness (QED) is 0.806. The highest BCUT2D eigenvalue weighted by atomic mass is 32.2. The summed E-state index contributed by atoms with van der Waals surface area (Å²) >= 11 is 0. The lowest BCUT2D eigenvalue weighted by Gasteiger charge is -2.19. The molecule has 0 atom stereocenters. The molecule has 0 bridgehead atoms. The monoisotopic (exact) mass is 325 g/mol. The third-order valence-corrected chi connectivity index (χ3v) is 5.68. The van der Waals surface area contributed by atoms with Gasteiger partial charge in [0.1, 0.15) is 4.90 Å². The van der Waals surface area contributed by atoms with Gasteiger partial charge in [0.2, 0.25) is 10.0 Å². The molecule has 122 valence electrons. The number of aryl methyl sites for hydroxylation is 4. The molecule has 7 nitrogen and oxygen atoms in total. The van der Waals surface area contributed by atoms with E-state index in [9.17, 15) is 8.42 Å². The third-order valence-electron chi connectivity index (χ3n) is 3.66. The average molecular weight is 325 g/mol. The lowest BCUT2D eigenvalue weighted by atomic mass is 10.2. The van der Waals surface area contributed by atoms with Gasteiger partial charge in [0.05, 0.1) is 11.4 Å². The lowest BCUT2D eigenvalue weighted by Crippen LogP contribution is -2.30. The smallest absolute Gasteiger partial charge is 0.246 e. The molecule has 0 aromatic carbocycles. The van der Waals surface area contributed by atoms with Gasteiger partial charge >= 0.3 is 0 Å². The highest BCUT2D eigenvalue weighted by Gasteiger charge is 2.27. The first-order chi connectivity index (χ1) is 10.3. The first-order valence-corrected chi connectivity index (χ1v) is 8.76. The van der Waals surface area contributed by atoms with Crippen LogP contribution in [-0.2, 0) is 30.2 Å². The van der Waals surface area contributed by atoms with Crippen LogP contribution in [-0.4, -0.2) is 38.8 Å². The Hall–Kier alpha value is -1.67. The molecule has 22 heavy (non-hydrogen) atoms. The van der Waals surface area contributed by atoms with Crippen molar-refractivity contribution in [2.45, 2.75) is 45.7 Å². The maximum Gasteiger partial charge on any atom is 0.246 e. The molecule has 0 radical (unpaired) electrons. The molecular formula is C14H23N5O2S. The van der Waals surface area contributed by atoms with Gasteiger partial charge in [-0.3, -0.25) is 9.36 Å². The number of hydrogen-bond acceptors (Lipinski definition) is 4. The molecule has 8 heteroatoms. The zero-order valence-corrected chi connectivity index (χ0v) is 14.6. The summed E-state index contributed by atoms with van der Waals surface area (Å²) in [5, 5.41) is 8.50. The predicted molar refractivity (Wildman–Crippen MR) is 83.9 cm³/mol. The standard InChI is InChI=1S/C14H23N5O2S/c1-6-18-8-13(11(3)16-18)9-19(7-2)22(20,21)14-10-17(5)15-12(14)4/h8,10H,6-7,9H2,1-5H3. The van der Waals surface area contributed by atoms with Crippen LogP contribution in [0.4, 0.5) is 0 Å². The minimum atomic E-state index is -3.56. The van der Waals surface area contributed by atoms with Crippen molar-refractivity contribution >= 4 is 10.0 Å². The van der Waals surface area contributed by atoms with Crippen molar-refractivity contribution in [1.29, 1.82) is 0 Å². The van der Waals surface area contributed by atoms with Crippen molar-refractivity contribution < 1.29 is 8.42 Å². The van der Waals surface area contributed by atoms with E-state index < -0.39 is 10.0 Å². The molecule has 2 rings (SSSR count). The largest absolute Gasteiger partial charge is 0.274 e. The van der Waals surface area contributed by atoms with Crippen molar-refractivity contribution in [3.8, 4) is 0 Å². The maximum absolute atomic E-state index is 12.8. The van der Waals surface area contributed by atoms with Gasteiger partial charge < -0.3 is 0 Å². The van der Waals surface area contributed by atoms with Crippen LogP contribution in [0.5, 0.6) is 0 Å². The molecule has 0 aliphatic carbocycles. The third kappa shape index (κ3) is 3.07. The van der Waals surface area contributed by atoms with Crippen LogP contribution in [0.3, 0.4) is 0 Å². The molecule has 0 amide bonds. The summed E-state index contributed by atoms with van der Waals surface area (Å²) in [5.41, 5.74) is 2.30. The molecule has 2 aromatic rings. The van der Waals surface area contributed by atoms with Crippen LogP contribution in [0.1, 0.15) is 30.8 Å². The van der Waals surface area contributed by atoms with Crippen molar-refractivity contribution in [2.75, 3.05) is 6.54 Å². The van der Waals surface area contributed by atoms with Gasteiger partial charge in [-0.15, -0.1) is 0 Å². The fraction of sp³-hybridized carbons (Fsp3) is 0.571. The number of sulfonamides is 1. The molecule has 0 unspecified atom stereocenters. The summed E-state index contributed by atoms with van der Waals surface area (Å²) in [5.74, 6) is 0. The van der Waals surface area contributed by atoms with Gasteiger partial charge in [0.25, 0.3) is 0 Å². The fourth-order valence-corrected chi connectivity index (χ4v) is 4.03. The summed E-state index contributed by atoms with van der Waals surface area (Å²) in [4.78, 5) is 0.261. The van der Waals surface area contributed by atoms with Crippen LogP contribution in [0, 0.1) is 13.8 Å². The van der Waals surface area contributed by atoms with E-state index in [0.29, 0.717) is 18.8 Å². The van der Waals surface area contributed by atoms with Crippen LogP contribution in [0.15, 0.2) is 17.3 Å². The second-order valence-corrected chi connectivity index (χ2v) is 7.19. The average Bonchev–Trinajstić information content (AvgIpc) is 2.98. The van der Waals surface area contributed by atoms with Gasteiger partial charge in [-0.1, -0.05) is 6.92 Å². The molecule has 0 saturated heterocycles. The van der Waals surface area contributed by atoms with Crippen molar-refractivity contribution in [1.82, 2.24) is 23.9 Å². The zero-order valence-electron chi connectivity index (χ0n) is 13.7. The number of aromatic nitrogens is 4. The highest BCUT2D eigenvalue weighted by Crippen LogP contribution is 2.21. The topological polar surface area (TPSA) is 73.0 Å². The second kappa shape index (κ2) is 6.21. The van der Waals surface area contributed by atoms with Crippen LogP contribution < -0.4 is 0 Å². The van der Waals surface area contributed by atoms with Gasteiger partial charge in [-0.05, 0) is 20.8 Å². The number of rotatable bonds is 6. The summed E-state index contributed by atoms with van der Waals surface area (Å²) in [7, 11) is -1.84. The van der Waals surface area contributed by atoms with E-state index >= 15 is 0 Å². The first kappa shape index (κ1) is 16.7. The highest BCUT2D eigenvalue weighted by molar-refractivity contribution is 7.89. The normalized spacial score (nSPS) is 12.3. The van der Waals surface area contributed by atoms with E-state index in [0.717, 1.165) is 17.8 Å². The molecule has 2 heterocycles. The Labute approximate surface area is 131 Å². The van der Waals surface area contributed by atoms with Gasteiger partial charge in [0, 0.05) is 44.6 Å². The summed E-state index contributed by atoms with van der Waals surface area (Å²) < 4.78 is 30.5. The lowest BCUT2D eigenvalue weighted by molar-refractivity contribution is 0.422. The second-order valence-electron chi connectivity index (χ2n) is 5.28. The fourth-order valence-electron chi connectivity index (χ4n) is 2.40. The molecule has 0 fully saturated rings. The number of hydrogen-bond donors (Lipinski definition) is 0. The van der Waals surface area contributed by atoms with E-state index in [-0.39, 0.29) is 4.90 Å². The van der Waals surface area contributed by atoms with E-state index in [1.807, 2.05) is 31.6 Å². The molecule has 0 spiro atoms. The minimum absolute atomic E-state index is 0.261. The molecule has 0 N–H and O–H groups in total. The molecule has 0 saturated carbocycles. The van der Waals surface area contributed by atoms with Crippen LogP contribution in [0.2, 0.25) is 0 Å². The first-order valence-electron chi connectivity index (χ1n) is 7.32. The van der Waals surface area contributed by atoms with E-state index in [1.54, 1.807) is 20.2 Å². The Balaban J connectivity index is 2.34. The van der Waals surface area contributed by atoms with Crippen molar-refractivity contribution in [3.05, 3.63) is 29.3 Å². The van der Waals surface area contributed by atoms with Crippen LogP contribution >= 0.6 is 0 Å². The van der Waals surface area contributed by atoms with Gasteiger partial charge in [-0.25, -0.2) is 8.42 Å². The molecule has 2 aromatic heterocycles. The number of nitrogens with zero attached hydrogens (tertiary/aromatic N) is 5. The van der Waals surface area contributed by atoms with E-state index in [2.05, 4.69) is 10.2 Å². The Morgan fingerprint density at radius 2 is 1.82 bits per heavy atom. The Morgan fingerprint density at radius 3 is 2.27 bits per heavy atom. The Bertz CT molecular complexity index is 760. The van der Waals surface area contributed by atoms with Gasteiger partial charge in [0.15, 0.2) is 0 Å². The van der Waals surface area contributed by atoms with Crippen molar-refractivity contribution in [3.63, 3.8) is 0 Å².